The van der Waals surface area contributed by atoms with Crippen molar-refractivity contribution >= 4 is 33.9 Å². The Morgan fingerprint density at radius 2 is 2.33 bits per heavy atom. The van der Waals surface area contributed by atoms with Gasteiger partial charge in [0.1, 0.15) is 5.01 Å². The highest BCUT2D eigenvalue weighted by atomic mass is 127. The molecule has 0 bridgehead atoms. The van der Waals surface area contributed by atoms with Gasteiger partial charge in [0.25, 0.3) is 5.56 Å². The van der Waals surface area contributed by atoms with Crippen LogP contribution < -0.4 is 5.56 Å². The normalized spacial score (nSPS) is 10.5. The lowest BCUT2D eigenvalue weighted by Gasteiger charge is -2.04. The third-order valence-electron chi connectivity index (χ3n) is 1.95. The van der Waals surface area contributed by atoms with E-state index >= 15 is 0 Å². The minimum atomic E-state index is -0.00157. The first-order valence-corrected chi connectivity index (χ1v) is 6.24. The monoisotopic (exact) mass is 333 g/mol. The average Bonchev–Trinajstić information content (AvgIpc) is 2.72. The highest BCUT2D eigenvalue weighted by Gasteiger charge is 2.06. The minimum absolute atomic E-state index is 0.00157. The van der Waals surface area contributed by atoms with E-state index in [9.17, 15) is 4.79 Å². The molecule has 6 heteroatoms. The molecule has 0 saturated carbocycles. The molecule has 0 fully saturated rings. The lowest BCUT2D eigenvalue weighted by Crippen LogP contribution is -2.24. The molecule has 2 heterocycles. The summed E-state index contributed by atoms with van der Waals surface area (Å²) in [7, 11) is 0. The van der Waals surface area contributed by atoms with Gasteiger partial charge in [-0.25, -0.2) is 9.97 Å². The van der Waals surface area contributed by atoms with Gasteiger partial charge in [0, 0.05) is 11.6 Å². The molecular weight excluding hydrogens is 325 g/mol. The lowest BCUT2D eigenvalue weighted by molar-refractivity contribution is 0.719. The zero-order chi connectivity index (χ0) is 10.8. The molecule has 0 atom stereocenters. The molecule has 0 N–H and O–H groups in total. The number of thiazole rings is 1. The maximum absolute atomic E-state index is 11.8. The predicted molar refractivity (Wildman–Crippen MR) is 67.2 cm³/mol. The van der Waals surface area contributed by atoms with E-state index in [1.165, 1.54) is 11.3 Å². The molecule has 4 nitrogen and oxygen atoms in total. The summed E-state index contributed by atoms with van der Waals surface area (Å²) in [6.45, 7) is 2.33. The van der Waals surface area contributed by atoms with Crippen LogP contribution in [0.1, 0.15) is 10.7 Å². The van der Waals surface area contributed by atoms with E-state index in [1.54, 1.807) is 17.1 Å². The van der Waals surface area contributed by atoms with E-state index in [0.29, 0.717) is 10.1 Å². The van der Waals surface area contributed by atoms with Crippen LogP contribution >= 0.6 is 33.9 Å². The maximum Gasteiger partial charge on any atom is 0.267 e. The lowest BCUT2D eigenvalue weighted by atomic mass is 10.4. The van der Waals surface area contributed by atoms with Crippen molar-refractivity contribution in [2.45, 2.75) is 13.5 Å². The van der Waals surface area contributed by atoms with Crippen molar-refractivity contribution in [3.63, 3.8) is 0 Å². The third kappa shape index (κ3) is 2.25. The number of nitrogens with zero attached hydrogens (tertiary/aromatic N) is 3. The van der Waals surface area contributed by atoms with Crippen molar-refractivity contribution in [3.05, 3.63) is 42.5 Å². The Morgan fingerprint density at radius 1 is 1.53 bits per heavy atom. The molecule has 0 unspecified atom stereocenters. The van der Waals surface area contributed by atoms with Crippen LogP contribution in [0.3, 0.4) is 0 Å². The summed E-state index contributed by atoms with van der Waals surface area (Å²) in [6.07, 6.45) is 3.30. The first kappa shape index (κ1) is 10.7. The van der Waals surface area contributed by atoms with Crippen molar-refractivity contribution < 1.29 is 0 Å². The second-order valence-corrected chi connectivity index (χ2v) is 5.06. The SMILES string of the molecule is Cc1ncn(Cc2nccs2)c(=O)c1I. The van der Waals surface area contributed by atoms with Gasteiger partial charge in [-0.1, -0.05) is 0 Å². The molecule has 0 aliphatic rings. The molecule has 0 radical (unpaired) electrons. The third-order valence-corrected chi connectivity index (χ3v) is 3.95. The number of aryl methyl sites for hydroxylation is 1. The van der Waals surface area contributed by atoms with E-state index < -0.39 is 0 Å². The number of hydrogen-bond acceptors (Lipinski definition) is 4. The number of hydrogen-bond donors (Lipinski definition) is 0. The van der Waals surface area contributed by atoms with Crippen LogP contribution in [0.4, 0.5) is 0 Å². The first-order chi connectivity index (χ1) is 7.18. The fourth-order valence-corrected chi connectivity index (χ4v) is 2.20. The topological polar surface area (TPSA) is 47.8 Å². The van der Waals surface area contributed by atoms with E-state index in [-0.39, 0.29) is 5.56 Å². The zero-order valence-electron chi connectivity index (χ0n) is 7.98. The molecule has 2 aromatic rings. The standard InChI is InChI=1S/C9H8IN3OS/c1-6-8(10)9(14)13(5-12-6)4-7-11-2-3-15-7/h2-3,5H,4H2,1H3. The highest BCUT2D eigenvalue weighted by Crippen LogP contribution is 2.06. The summed E-state index contributed by atoms with van der Waals surface area (Å²) < 4.78 is 2.25. The molecule has 15 heavy (non-hydrogen) atoms. The smallest absolute Gasteiger partial charge is 0.267 e. The van der Waals surface area contributed by atoms with Crippen molar-refractivity contribution in [1.29, 1.82) is 0 Å². The Morgan fingerprint density at radius 3 is 3.00 bits per heavy atom. The summed E-state index contributed by atoms with van der Waals surface area (Å²) in [5.74, 6) is 0. The van der Waals surface area contributed by atoms with Crippen molar-refractivity contribution in [2.75, 3.05) is 0 Å². The number of rotatable bonds is 2. The summed E-state index contributed by atoms with van der Waals surface area (Å²) in [6, 6.07) is 0. The van der Waals surface area contributed by atoms with Crippen LogP contribution in [-0.4, -0.2) is 14.5 Å². The van der Waals surface area contributed by atoms with Gasteiger partial charge in [0.05, 0.1) is 22.1 Å². The van der Waals surface area contributed by atoms with Crippen molar-refractivity contribution in [3.8, 4) is 0 Å². The van der Waals surface area contributed by atoms with Gasteiger partial charge in [0.2, 0.25) is 0 Å². The van der Waals surface area contributed by atoms with Gasteiger partial charge in [-0.3, -0.25) is 9.36 Å². The second kappa shape index (κ2) is 4.40. The van der Waals surface area contributed by atoms with E-state index in [1.807, 2.05) is 34.9 Å². The van der Waals surface area contributed by atoms with Gasteiger partial charge in [-0.05, 0) is 29.5 Å². The molecule has 0 amide bonds. The molecule has 0 saturated heterocycles. The van der Waals surface area contributed by atoms with Gasteiger partial charge >= 0.3 is 0 Å². The zero-order valence-corrected chi connectivity index (χ0v) is 10.9. The predicted octanol–water partition coefficient (Wildman–Crippen LogP) is 1.66. The maximum atomic E-state index is 11.8. The summed E-state index contributed by atoms with van der Waals surface area (Å²) in [5.41, 5.74) is 0.772. The first-order valence-electron chi connectivity index (χ1n) is 4.28. The van der Waals surface area contributed by atoms with E-state index in [4.69, 9.17) is 0 Å². The van der Waals surface area contributed by atoms with Gasteiger partial charge in [-0.15, -0.1) is 11.3 Å². The van der Waals surface area contributed by atoms with Crippen LogP contribution in [0.15, 0.2) is 22.7 Å². The van der Waals surface area contributed by atoms with E-state index in [2.05, 4.69) is 9.97 Å². The molecule has 2 rings (SSSR count). The number of aromatic nitrogens is 3. The Balaban J connectivity index is 2.38. The summed E-state index contributed by atoms with van der Waals surface area (Å²) in [4.78, 5) is 20.1. The van der Waals surface area contributed by atoms with Gasteiger partial charge < -0.3 is 0 Å². The molecule has 0 aliphatic heterocycles. The molecule has 0 aliphatic carbocycles. The van der Waals surface area contributed by atoms with Gasteiger partial charge in [-0.2, -0.15) is 0 Å². The fraction of sp³-hybridized carbons (Fsp3) is 0.222. The Bertz CT molecular complexity index is 521. The summed E-state index contributed by atoms with van der Waals surface area (Å²) >= 11 is 3.56. The van der Waals surface area contributed by atoms with Crippen LogP contribution in [0, 0.1) is 10.5 Å². The second-order valence-electron chi connectivity index (χ2n) is 3.00. The van der Waals surface area contributed by atoms with Crippen molar-refractivity contribution in [2.24, 2.45) is 0 Å². The molecular formula is C9H8IN3OS. The van der Waals surface area contributed by atoms with Crippen molar-refractivity contribution in [1.82, 2.24) is 14.5 Å². The highest BCUT2D eigenvalue weighted by molar-refractivity contribution is 14.1. The van der Waals surface area contributed by atoms with Crippen LogP contribution in [0.5, 0.6) is 0 Å². The van der Waals surface area contributed by atoms with Crippen LogP contribution in [-0.2, 0) is 6.54 Å². The number of halogens is 1. The molecule has 0 spiro atoms. The van der Waals surface area contributed by atoms with E-state index in [0.717, 1.165) is 10.7 Å². The van der Waals surface area contributed by atoms with Crippen LogP contribution in [0.25, 0.3) is 0 Å². The molecule has 78 valence electrons. The molecule has 2 aromatic heterocycles. The minimum Gasteiger partial charge on any atom is -0.291 e. The summed E-state index contributed by atoms with van der Waals surface area (Å²) in [5, 5.41) is 2.81. The van der Waals surface area contributed by atoms with Crippen LogP contribution in [0.2, 0.25) is 0 Å². The van der Waals surface area contributed by atoms with Gasteiger partial charge in [0.15, 0.2) is 0 Å². The fourth-order valence-electron chi connectivity index (χ4n) is 1.14. The Hall–Kier alpha value is -0.760. The Labute approximate surface area is 104 Å². The largest absolute Gasteiger partial charge is 0.291 e. The quantitative estimate of drug-likeness (QED) is 0.786. The molecule has 0 aromatic carbocycles. The average molecular weight is 333 g/mol. The Kier molecular flexibility index (Phi) is 3.15.